The van der Waals surface area contributed by atoms with Crippen LogP contribution in [0.1, 0.15) is 24.5 Å². The molecule has 0 aliphatic carbocycles. The van der Waals surface area contributed by atoms with Gasteiger partial charge in [-0.3, -0.25) is 19.7 Å². The lowest BCUT2D eigenvalue weighted by atomic mass is 10.1. The predicted octanol–water partition coefficient (Wildman–Crippen LogP) is 2.84. The summed E-state index contributed by atoms with van der Waals surface area (Å²) in [6, 6.07) is 32.8. The van der Waals surface area contributed by atoms with E-state index in [-0.39, 0.29) is 29.7 Å². The second-order valence-corrected chi connectivity index (χ2v) is 9.24. The number of fused-ring (bicyclic) bond motifs is 1. The number of carbonyl (C=O) groups is 3. The first-order chi connectivity index (χ1) is 21.5. The Hall–Kier alpha value is -6.30. The zero-order valence-electron chi connectivity index (χ0n) is 24.8. The van der Waals surface area contributed by atoms with Gasteiger partial charge in [-0.15, -0.1) is 0 Å². The van der Waals surface area contributed by atoms with Crippen molar-refractivity contribution in [1.82, 2.24) is 5.32 Å². The molecule has 0 fully saturated rings. The molecule has 0 aliphatic heterocycles. The Morgan fingerprint density at radius 1 is 0.711 bits per heavy atom. The van der Waals surface area contributed by atoms with Crippen LogP contribution in [0.3, 0.4) is 0 Å². The van der Waals surface area contributed by atoms with Crippen molar-refractivity contribution in [3.8, 4) is 0 Å². The predicted molar refractivity (Wildman–Crippen MR) is 181 cm³/mol. The molecular weight excluding hydrogens is 570 g/mol. The number of aliphatic imine (C=N–C) groups is 3. The molecule has 0 atom stereocenters. The highest BCUT2D eigenvalue weighted by atomic mass is 16.2. The summed E-state index contributed by atoms with van der Waals surface area (Å²) in [7, 11) is 0. The van der Waals surface area contributed by atoms with Crippen LogP contribution in [-0.2, 0) is 20.8 Å². The third kappa shape index (κ3) is 15.5. The summed E-state index contributed by atoms with van der Waals surface area (Å²) in [5, 5.41) is 4.66. The smallest absolute Gasteiger partial charge is 0.272 e. The van der Waals surface area contributed by atoms with Gasteiger partial charge in [-0.25, -0.2) is 4.99 Å². The minimum absolute atomic E-state index is 0.104. The molecule has 0 aromatic heterocycles. The third-order valence-corrected chi connectivity index (χ3v) is 5.47. The molecule has 12 nitrogen and oxygen atoms in total. The Morgan fingerprint density at radius 2 is 1.29 bits per heavy atom. The number of nitrogens with one attached hydrogen (secondary N) is 1. The van der Waals surface area contributed by atoms with Gasteiger partial charge in [-0.2, -0.15) is 9.98 Å². The van der Waals surface area contributed by atoms with Crippen LogP contribution in [-0.4, -0.2) is 35.6 Å². The van der Waals surface area contributed by atoms with Gasteiger partial charge in [0.05, 0.1) is 5.69 Å². The molecule has 12 heteroatoms. The number of hydrogen-bond donors (Lipinski definition) is 6. The number of hydrogen-bond acceptors (Lipinski definition) is 4. The lowest BCUT2D eigenvalue weighted by Crippen LogP contribution is -2.34. The van der Waals surface area contributed by atoms with Crippen molar-refractivity contribution >= 4 is 58.1 Å². The highest BCUT2D eigenvalue weighted by Crippen LogP contribution is 2.20. The Labute approximate surface area is 261 Å². The second kappa shape index (κ2) is 19.0. The topological polar surface area (TPSA) is 230 Å². The SMILES string of the molecule is CC(=O)NC(N)=Nc1ccc2ccccc2c1.NC(N)=NC(=O)C=Cc1ccccc1.NC(N)=NC(=O)CCc1ccccc1. The fourth-order valence-electron chi connectivity index (χ4n) is 3.59. The molecule has 4 rings (SSSR count). The number of carbonyl (C=O) groups excluding carboxylic acids is 3. The van der Waals surface area contributed by atoms with E-state index in [9.17, 15) is 14.4 Å². The number of rotatable bonds is 6. The Bertz CT molecular complexity index is 1680. The van der Waals surface area contributed by atoms with Crippen molar-refractivity contribution < 1.29 is 14.4 Å². The van der Waals surface area contributed by atoms with Gasteiger partial charge in [0.2, 0.25) is 17.8 Å². The van der Waals surface area contributed by atoms with Gasteiger partial charge in [0.25, 0.3) is 5.91 Å². The monoisotopic (exact) mass is 607 g/mol. The van der Waals surface area contributed by atoms with E-state index in [2.05, 4.69) is 20.3 Å². The lowest BCUT2D eigenvalue weighted by Gasteiger charge is -2.02. The summed E-state index contributed by atoms with van der Waals surface area (Å²) < 4.78 is 0. The minimum atomic E-state index is -0.464. The summed E-state index contributed by atoms with van der Waals surface area (Å²) in [5.74, 6) is -1.28. The summed E-state index contributed by atoms with van der Waals surface area (Å²) in [6.45, 7) is 1.39. The summed E-state index contributed by atoms with van der Waals surface area (Å²) in [5.41, 5.74) is 28.5. The average molecular weight is 608 g/mol. The van der Waals surface area contributed by atoms with Crippen LogP contribution in [0, 0.1) is 0 Å². The van der Waals surface area contributed by atoms with Crippen LogP contribution >= 0.6 is 0 Å². The van der Waals surface area contributed by atoms with Gasteiger partial charge < -0.3 is 28.7 Å². The van der Waals surface area contributed by atoms with E-state index in [4.69, 9.17) is 28.7 Å². The molecule has 0 saturated heterocycles. The molecule has 232 valence electrons. The lowest BCUT2D eigenvalue weighted by molar-refractivity contribution is -0.118. The summed E-state index contributed by atoms with van der Waals surface area (Å²) in [6.07, 6.45) is 3.96. The maximum atomic E-state index is 11.1. The highest BCUT2D eigenvalue weighted by Gasteiger charge is 2.00. The van der Waals surface area contributed by atoms with Gasteiger partial charge in [-0.1, -0.05) is 91.0 Å². The van der Waals surface area contributed by atoms with Gasteiger partial charge >= 0.3 is 0 Å². The molecule has 45 heavy (non-hydrogen) atoms. The largest absolute Gasteiger partial charge is 0.370 e. The zero-order chi connectivity index (χ0) is 33.0. The van der Waals surface area contributed by atoms with Crippen molar-refractivity contribution in [2.24, 2.45) is 43.6 Å². The minimum Gasteiger partial charge on any atom is -0.370 e. The fourth-order valence-corrected chi connectivity index (χ4v) is 3.59. The van der Waals surface area contributed by atoms with Crippen LogP contribution in [0.4, 0.5) is 5.69 Å². The van der Waals surface area contributed by atoms with Crippen molar-refractivity contribution in [3.05, 3.63) is 120 Å². The number of amides is 3. The Kier molecular flexibility index (Phi) is 14.7. The molecule has 0 aliphatic rings. The Morgan fingerprint density at radius 3 is 1.89 bits per heavy atom. The second-order valence-electron chi connectivity index (χ2n) is 9.24. The molecule has 0 heterocycles. The van der Waals surface area contributed by atoms with Crippen LogP contribution in [0.5, 0.6) is 0 Å². The first kappa shape index (κ1) is 34.9. The molecule has 0 spiro atoms. The molecule has 0 bridgehead atoms. The van der Waals surface area contributed by atoms with E-state index in [0.29, 0.717) is 12.8 Å². The van der Waals surface area contributed by atoms with Crippen LogP contribution < -0.4 is 34.0 Å². The maximum absolute atomic E-state index is 11.1. The molecule has 4 aromatic rings. The molecule has 4 aromatic carbocycles. The molecule has 11 N–H and O–H groups in total. The maximum Gasteiger partial charge on any atom is 0.272 e. The van der Waals surface area contributed by atoms with Gasteiger partial charge in [0.15, 0.2) is 11.9 Å². The number of aryl methyl sites for hydroxylation is 1. The number of nitrogens with zero attached hydrogens (tertiary/aromatic N) is 3. The van der Waals surface area contributed by atoms with Crippen LogP contribution in [0.15, 0.2) is 124 Å². The van der Waals surface area contributed by atoms with Crippen molar-refractivity contribution in [3.63, 3.8) is 0 Å². The molecule has 0 radical (unpaired) electrons. The summed E-state index contributed by atoms with van der Waals surface area (Å²) in [4.78, 5) is 43.7. The van der Waals surface area contributed by atoms with Gasteiger partial charge in [0, 0.05) is 19.4 Å². The molecule has 0 unspecified atom stereocenters. The van der Waals surface area contributed by atoms with E-state index >= 15 is 0 Å². The molecule has 3 amide bonds. The van der Waals surface area contributed by atoms with Gasteiger partial charge in [0.1, 0.15) is 0 Å². The zero-order valence-corrected chi connectivity index (χ0v) is 24.8. The quantitative estimate of drug-likeness (QED) is 0.108. The molecule has 0 saturated carbocycles. The molecular formula is C33H37N9O3. The van der Waals surface area contributed by atoms with E-state index in [0.717, 1.165) is 27.6 Å². The number of nitrogens with two attached hydrogens (primary N) is 5. The Balaban J connectivity index is 0.000000237. The number of guanidine groups is 3. The standard InChI is InChI=1S/C13H13N3O.C10H13N3O.C10H11N3O/c1-9(17)15-13(14)16-12-7-6-10-4-2-3-5-11(10)8-12;2*11-10(12)13-9(14)7-6-8-4-2-1-3-5-8/h2-8H,1H3,(H3,14,15,16,17);1-5H,6-7H2,(H4,11,12,13,14);1-7H,(H4,11,12,13,14). The summed E-state index contributed by atoms with van der Waals surface area (Å²) >= 11 is 0. The van der Waals surface area contributed by atoms with Crippen molar-refractivity contribution in [2.75, 3.05) is 0 Å². The highest BCUT2D eigenvalue weighted by molar-refractivity contribution is 6.00. The van der Waals surface area contributed by atoms with Crippen LogP contribution in [0.2, 0.25) is 0 Å². The van der Waals surface area contributed by atoms with E-state index in [1.807, 2.05) is 103 Å². The first-order valence-electron chi connectivity index (χ1n) is 13.7. The average Bonchev–Trinajstić information content (AvgIpc) is 2.99. The van der Waals surface area contributed by atoms with E-state index in [1.54, 1.807) is 6.08 Å². The fraction of sp³-hybridized carbons (Fsp3) is 0.0909. The van der Waals surface area contributed by atoms with E-state index in [1.165, 1.54) is 13.0 Å². The first-order valence-corrected chi connectivity index (χ1v) is 13.7. The van der Waals surface area contributed by atoms with Crippen LogP contribution in [0.25, 0.3) is 16.8 Å². The normalized spacial score (nSPS) is 10.4. The third-order valence-electron chi connectivity index (χ3n) is 5.47. The van der Waals surface area contributed by atoms with E-state index < -0.39 is 5.91 Å². The van der Waals surface area contributed by atoms with Gasteiger partial charge in [-0.05, 0) is 46.5 Å². The van der Waals surface area contributed by atoms with Crippen molar-refractivity contribution in [2.45, 2.75) is 19.8 Å². The number of benzene rings is 4. The van der Waals surface area contributed by atoms with Crippen molar-refractivity contribution in [1.29, 1.82) is 0 Å².